The van der Waals surface area contributed by atoms with E-state index in [1.807, 2.05) is 13.8 Å². The molecule has 9 nitrogen and oxygen atoms in total. The molecule has 0 spiro atoms. The normalized spacial score (nSPS) is 15.2. The molecule has 0 amide bonds. The van der Waals surface area contributed by atoms with Crippen molar-refractivity contribution in [3.8, 4) is 0 Å². The third-order valence-corrected chi connectivity index (χ3v) is 3.44. The molecule has 0 saturated carbocycles. The second-order valence-electron chi connectivity index (χ2n) is 5.06. The number of nitrogens with zero attached hydrogens (tertiary/aromatic N) is 8. The molecule has 0 aliphatic carbocycles. The van der Waals surface area contributed by atoms with Gasteiger partial charge in [0, 0.05) is 26.2 Å². The minimum atomic E-state index is -0.182. The highest BCUT2D eigenvalue weighted by atomic mass is 16.3. The van der Waals surface area contributed by atoms with Crippen molar-refractivity contribution in [3.63, 3.8) is 0 Å². The zero-order chi connectivity index (χ0) is 15.5. The van der Waals surface area contributed by atoms with Crippen molar-refractivity contribution in [3.05, 3.63) is 23.8 Å². The molecule has 9 heteroatoms. The summed E-state index contributed by atoms with van der Waals surface area (Å²) in [5.74, 6) is 3.17. The highest BCUT2D eigenvalue weighted by molar-refractivity contribution is 5.37. The van der Waals surface area contributed by atoms with Gasteiger partial charge >= 0.3 is 0 Å². The van der Waals surface area contributed by atoms with Crippen molar-refractivity contribution in [2.75, 3.05) is 36.0 Å². The molecule has 0 atom stereocenters. The molecule has 0 aromatic carbocycles. The fraction of sp³-hybridized carbons (Fsp3) is 0.538. The first-order chi connectivity index (χ1) is 10.7. The van der Waals surface area contributed by atoms with Crippen LogP contribution in [0.5, 0.6) is 0 Å². The SMILES string of the molecule is Cc1nc(C)nc(N2CCN(c3ncnc(CO)n3)CC2)n1. The van der Waals surface area contributed by atoms with Gasteiger partial charge in [-0.3, -0.25) is 0 Å². The number of hydrogen-bond donors (Lipinski definition) is 1. The summed E-state index contributed by atoms with van der Waals surface area (Å²) < 4.78 is 0. The number of aromatic nitrogens is 6. The Labute approximate surface area is 128 Å². The van der Waals surface area contributed by atoms with Gasteiger partial charge in [0.05, 0.1) is 0 Å². The lowest BCUT2D eigenvalue weighted by atomic mass is 10.3. The summed E-state index contributed by atoms with van der Waals surface area (Å²) in [5, 5.41) is 9.10. The molecule has 1 aliphatic heterocycles. The average molecular weight is 302 g/mol. The number of rotatable bonds is 3. The van der Waals surface area contributed by atoms with E-state index in [1.54, 1.807) is 0 Å². The molecule has 1 fully saturated rings. The molecular weight excluding hydrogens is 284 g/mol. The molecule has 1 N–H and O–H groups in total. The van der Waals surface area contributed by atoms with Crippen molar-refractivity contribution in [2.45, 2.75) is 20.5 Å². The third-order valence-electron chi connectivity index (χ3n) is 3.44. The monoisotopic (exact) mass is 302 g/mol. The molecule has 116 valence electrons. The van der Waals surface area contributed by atoms with Crippen molar-refractivity contribution in [1.82, 2.24) is 29.9 Å². The van der Waals surface area contributed by atoms with Gasteiger partial charge in [-0.2, -0.15) is 15.0 Å². The number of aliphatic hydroxyl groups excluding tert-OH is 1. The number of aliphatic hydroxyl groups is 1. The molecular formula is C13H18N8O. The predicted octanol–water partition coefficient (Wildman–Crippen LogP) is -0.508. The van der Waals surface area contributed by atoms with Crippen molar-refractivity contribution in [2.24, 2.45) is 0 Å². The first kappa shape index (κ1) is 14.5. The second-order valence-corrected chi connectivity index (χ2v) is 5.06. The van der Waals surface area contributed by atoms with Crippen LogP contribution >= 0.6 is 0 Å². The molecule has 1 aliphatic rings. The standard InChI is InChI=1S/C13H18N8O/c1-9-16-10(2)18-13(17-9)21-5-3-20(4-6-21)12-15-8-14-11(7-22)19-12/h8,22H,3-7H2,1-2H3. The van der Waals surface area contributed by atoms with Gasteiger partial charge in [-0.05, 0) is 13.8 Å². The topological polar surface area (TPSA) is 104 Å². The minimum Gasteiger partial charge on any atom is -0.388 e. The highest BCUT2D eigenvalue weighted by Gasteiger charge is 2.21. The predicted molar refractivity (Wildman–Crippen MR) is 79.5 cm³/mol. The van der Waals surface area contributed by atoms with Crippen molar-refractivity contribution >= 4 is 11.9 Å². The van der Waals surface area contributed by atoms with Crippen LogP contribution in [0.15, 0.2) is 6.33 Å². The van der Waals surface area contributed by atoms with E-state index in [1.165, 1.54) is 6.33 Å². The van der Waals surface area contributed by atoms with Crippen LogP contribution in [-0.2, 0) is 6.61 Å². The Kier molecular flexibility index (Phi) is 4.05. The number of aryl methyl sites for hydroxylation is 2. The van der Waals surface area contributed by atoms with E-state index in [0.29, 0.717) is 11.8 Å². The van der Waals surface area contributed by atoms with Crippen LogP contribution in [-0.4, -0.2) is 61.2 Å². The van der Waals surface area contributed by atoms with Crippen LogP contribution in [0.25, 0.3) is 0 Å². The molecule has 2 aromatic rings. The van der Waals surface area contributed by atoms with E-state index in [9.17, 15) is 0 Å². The van der Waals surface area contributed by atoms with Crippen LogP contribution in [0, 0.1) is 13.8 Å². The molecule has 0 unspecified atom stereocenters. The molecule has 3 rings (SSSR count). The zero-order valence-electron chi connectivity index (χ0n) is 12.6. The molecule has 1 saturated heterocycles. The number of anilines is 2. The van der Waals surface area contributed by atoms with E-state index >= 15 is 0 Å². The first-order valence-corrected chi connectivity index (χ1v) is 7.13. The number of hydrogen-bond acceptors (Lipinski definition) is 9. The van der Waals surface area contributed by atoms with Crippen LogP contribution in [0.2, 0.25) is 0 Å². The molecule has 2 aromatic heterocycles. The summed E-state index contributed by atoms with van der Waals surface area (Å²) in [7, 11) is 0. The van der Waals surface area contributed by atoms with E-state index in [0.717, 1.165) is 43.8 Å². The summed E-state index contributed by atoms with van der Waals surface area (Å²) >= 11 is 0. The fourth-order valence-corrected chi connectivity index (χ4v) is 2.40. The Morgan fingerprint density at radius 3 is 2.05 bits per heavy atom. The van der Waals surface area contributed by atoms with Gasteiger partial charge in [-0.1, -0.05) is 0 Å². The molecule has 0 bridgehead atoms. The van der Waals surface area contributed by atoms with Gasteiger partial charge in [0.15, 0.2) is 5.82 Å². The van der Waals surface area contributed by atoms with Crippen molar-refractivity contribution in [1.29, 1.82) is 0 Å². The molecule has 0 radical (unpaired) electrons. The maximum absolute atomic E-state index is 9.10. The molecule has 22 heavy (non-hydrogen) atoms. The van der Waals surface area contributed by atoms with Gasteiger partial charge in [0.1, 0.15) is 24.6 Å². The van der Waals surface area contributed by atoms with Gasteiger partial charge in [0.2, 0.25) is 11.9 Å². The number of piperazine rings is 1. The average Bonchev–Trinajstić information content (AvgIpc) is 2.54. The van der Waals surface area contributed by atoms with E-state index < -0.39 is 0 Å². The summed E-state index contributed by atoms with van der Waals surface area (Å²) in [5.41, 5.74) is 0. The lowest BCUT2D eigenvalue weighted by Gasteiger charge is -2.34. The lowest BCUT2D eigenvalue weighted by Crippen LogP contribution is -2.48. The Morgan fingerprint density at radius 1 is 0.864 bits per heavy atom. The fourth-order valence-electron chi connectivity index (χ4n) is 2.40. The largest absolute Gasteiger partial charge is 0.388 e. The second kappa shape index (κ2) is 6.14. The van der Waals surface area contributed by atoms with Crippen LogP contribution in [0.4, 0.5) is 11.9 Å². The lowest BCUT2D eigenvalue weighted by molar-refractivity contribution is 0.271. The third kappa shape index (κ3) is 3.08. The van der Waals surface area contributed by atoms with Gasteiger partial charge in [-0.15, -0.1) is 0 Å². The Morgan fingerprint density at radius 2 is 1.45 bits per heavy atom. The summed E-state index contributed by atoms with van der Waals surface area (Å²) in [6, 6.07) is 0. The van der Waals surface area contributed by atoms with E-state index in [4.69, 9.17) is 5.11 Å². The first-order valence-electron chi connectivity index (χ1n) is 7.13. The smallest absolute Gasteiger partial charge is 0.228 e. The van der Waals surface area contributed by atoms with Crippen LogP contribution < -0.4 is 9.80 Å². The summed E-state index contributed by atoms with van der Waals surface area (Å²) in [6.45, 7) is 6.65. The minimum absolute atomic E-state index is 0.182. The Bertz CT molecular complexity index is 636. The maximum Gasteiger partial charge on any atom is 0.228 e. The van der Waals surface area contributed by atoms with Gasteiger partial charge in [-0.25, -0.2) is 15.0 Å². The summed E-state index contributed by atoms with van der Waals surface area (Å²) in [6.07, 6.45) is 1.43. The quantitative estimate of drug-likeness (QED) is 0.802. The van der Waals surface area contributed by atoms with Crippen LogP contribution in [0.3, 0.4) is 0 Å². The van der Waals surface area contributed by atoms with Crippen LogP contribution in [0.1, 0.15) is 17.5 Å². The van der Waals surface area contributed by atoms with Crippen molar-refractivity contribution < 1.29 is 5.11 Å². The van der Waals surface area contributed by atoms with E-state index in [2.05, 4.69) is 39.7 Å². The Balaban J connectivity index is 1.69. The summed E-state index contributed by atoms with van der Waals surface area (Å²) in [4.78, 5) is 29.5. The van der Waals surface area contributed by atoms with E-state index in [-0.39, 0.29) is 6.61 Å². The van der Waals surface area contributed by atoms with Gasteiger partial charge in [0.25, 0.3) is 0 Å². The highest BCUT2D eigenvalue weighted by Crippen LogP contribution is 2.14. The zero-order valence-corrected chi connectivity index (χ0v) is 12.6. The molecule has 3 heterocycles. The maximum atomic E-state index is 9.10. The Hall–Kier alpha value is -2.42. The van der Waals surface area contributed by atoms with Gasteiger partial charge < -0.3 is 14.9 Å².